The van der Waals surface area contributed by atoms with Crippen LogP contribution in [0.5, 0.6) is 0 Å². The summed E-state index contributed by atoms with van der Waals surface area (Å²) in [6.45, 7) is 5.87. The summed E-state index contributed by atoms with van der Waals surface area (Å²) in [5.41, 5.74) is 4.11. The van der Waals surface area contributed by atoms with Crippen molar-refractivity contribution in [1.82, 2.24) is 0 Å². The highest BCUT2D eigenvalue weighted by Crippen LogP contribution is 2.08. The molecule has 0 saturated carbocycles. The van der Waals surface area contributed by atoms with Crippen molar-refractivity contribution in [3.8, 4) is 0 Å². The van der Waals surface area contributed by atoms with Crippen molar-refractivity contribution in [2.45, 2.75) is 32.8 Å². The zero-order valence-corrected chi connectivity index (χ0v) is 8.54. The van der Waals surface area contributed by atoms with Crippen LogP contribution in [-0.4, -0.2) is 29.8 Å². The van der Waals surface area contributed by atoms with Gasteiger partial charge in [0.2, 0.25) is 0 Å². The predicted octanol–water partition coefficient (Wildman–Crippen LogP) is 0.285. The average Bonchev–Trinajstić information content (AvgIpc) is 2.00. The van der Waals surface area contributed by atoms with Gasteiger partial charge in [0.25, 0.3) is 0 Å². The molecular formula is C9H19NO3. The Balaban J connectivity index is 3.74. The molecule has 0 rings (SSSR count). The number of aliphatic hydroxyl groups is 1. The van der Waals surface area contributed by atoms with Crippen LogP contribution in [0.4, 0.5) is 0 Å². The second-order valence-corrected chi connectivity index (χ2v) is 3.95. The normalized spacial score (nSPS) is 15.5. The fourth-order valence-electron chi connectivity index (χ4n) is 0.694. The number of rotatable bonds is 5. The average molecular weight is 189 g/mol. The monoisotopic (exact) mass is 189 g/mol. The van der Waals surface area contributed by atoms with E-state index in [1.807, 2.05) is 13.8 Å². The van der Waals surface area contributed by atoms with Crippen LogP contribution in [0.15, 0.2) is 0 Å². The molecule has 0 aliphatic carbocycles. The lowest BCUT2D eigenvalue weighted by Gasteiger charge is -2.19. The van der Waals surface area contributed by atoms with Gasteiger partial charge in [0.15, 0.2) is 0 Å². The molecule has 0 bridgehead atoms. The third kappa shape index (κ3) is 6.54. The second-order valence-electron chi connectivity index (χ2n) is 3.95. The minimum absolute atomic E-state index is 0.0454. The van der Waals surface area contributed by atoms with Crippen LogP contribution in [0, 0.1) is 5.92 Å². The lowest BCUT2D eigenvalue weighted by molar-refractivity contribution is -0.149. The zero-order valence-electron chi connectivity index (χ0n) is 8.54. The number of hydrogen-bond donors (Lipinski definition) is 2. The first-order valence-electron chi connectivity index (χ1n) is 4.45. The van der Waals surface area contributed by atoms with Crippen molar-refractivity contribution in [1.29, 1.82) is 0 Å². The molecule has 3 N–H and O–H groups in total. The molecule has 0 aliphatic rings. The Kier molecular flexibility index (Phi) is 4.95. The van der Waals surface area contributed by atoms with Crippen LogP contribution in [0.25, 0.3) is 0 Å². The summed E-state index contributed by atoms with van der Waals surface area (Å²) in [4.78, 5) is 11.1. The van der Waals surface area contributed by atoms with Crippen LogP contribution in [0.1, 0.15) is 27.2 Å². The van der Waals surface area contributed by atoms with Gasteiger partial charge in [-0.05, 0) is 12.8 Å². The molecule has 0 amide bonds. The first-order valence-corrected chi connectivity index (χ1v) is 4.45. The summed E-state index contributed by atoms with van der Waals surface area (Å²) < 4.78 is 4.89. The van der Waals surface area contributed by atoms with E-state index in [9.17, 15) is 9.90 Å². The molecule has 0 radical (unpaired) electrons. The zero-order chi connectivity index (χ0) is 10.5. The SMILES string of the molecule is CC(C)COC(=O)CC(C)(O)CN. The Hall–Kier alpha value is -0.610. The van der Waals surface area contributed by atoms with Gasteiger partial charge in [-0.3, -0.25) is 4.79 Å². The van der Waals surface area contributed by atoms with Crippen molar-refractivity contribution >= 4 is 5.97 Å². The predicted molar refractivity (Wildman–Crippen MR) is 50.1 cm³/mol. The highest BCUT2D eigenvalue weighted by atomic mass is 16.5. The molecule has 1 unspecified atom stereocenters. The molecule has 0 aromatic heterocycles. The third-order valence-corrected chi connectivity index (χ3v) is 1.54. The van der Waals surface area contributed by atoms with E-state index in [0.29, 0.717) is 12.5 Å². The van der Waals surface area contributed by atoms with E-state index in [1.54, 1.807) is 0 Å². The van der Waals surface area contributed by atoms with Crippen LogP contribution in [0.2, 0.25) is 0 Å². The Morgan fingerprint density at radius 3 is 2.54 bits per heavy atom. The molecule has 13 heavy (non-hydrogen) atoms. The number of esters is 1. The Bertz CT molecular complexity index is 166. The summed E-state index contributed by atoms with van der Waals surface area (Å²) in [7, 11) is 0. The van der Waals surface area contributed by atoms with Crippen molar-refractivity contribution in [2.24, 2.45) is 11.7 Å². The van der Waals surface area contributed by atoms with E-state index >= 15 is 0 Å². The van der Waals surface area contributed by atoms with Gasteiger partial charge < -0.3 is 15.6 Å². The molecule has 0 aliphatic heterocycles. The fourth-order valence-corrected chi connectivity index (χ4v) is 0.694. The van der Waals surface area contributed by atoms with Gasteiger partial charge in [-0.15, -0.1) is 0 Å². The van der Waals surface area contributed by atoms with Gasteiger partial charge in [-0.2, -0.15) is 0 Å². The van der Waals surface area contributed by atoms with E-state index in [4.69, 9.17) is 10.5 Å². The molecule has 0 heterocycles. The molecule has 0 saturated heterocycles. The first-order chi connectivity index (χ1) is 5.87. The van der Waals surface area contributed by atoms with Gasteiger partial charge in [0.1, 0.15) is 0 Å². The van der Waals surface area contributed by atoms with E-state index in [0.717, 1.165) is 0 Å². The van der Waals surface area contributed by atoms with Crippen LogP contribution in [-0.2, 0) is 9.53 Å². The molecule has 0 spiro atoms. The van der Waals surface area contributed by atoms with E-state index in [1.165, 1.54) is 6.92 Å². The summed E-state index contributed by atoms with van der Waals surface area (Å²) >= 11 is 0. The van der Waals surface area contributed by atoms with Crippen LogP contribution < -0.4 is 5.73 Å². The summed E-state index contributed by atoms with van der Waals surface area (Å²) in [5.74, 6) is -0.0871. The quantitative estimate of drug-likeness (QED) is 0.609. The largest absolute Gasteiger partial charge is 0.465 e. The minimum Gasteiger partial charge on any atom is -0.465 e. The standard InChI is InChI=1S/C9H19NO3/c1-7(2)5-13-8(11)4-9(3,12)6-10/h7,12H,4-6,10H2,1-3H3. The van der Waals surface area contributed by atoms with E-state index < -0.39 is 11.6 Å². The molecular weight excluding hydrogens is 170 g/mol. The molecule has 1 atom stereocenters. The number of carbonyl (C=O) groups is 1. The van der Waals surface area contributed by atoms with Gasteiger partial charge in [0.05, 0.1) is 18.6 Å². The van der Waals surface area contributed by atoms with E-state index in [2.05, 4.69) is 0 Å². The summed E-state index contributed by atoms with van der Waals surface area (Å²) in [6, 6.07) is 0. The van der Waals surface area contributed by atoms with Crippen LogP contribution >= 0.6 is 0 Å². The first kappa shape index (κ1) is 12.4. The van der Waals surface area contributed by atoms with Crippen molar-refractivity contribution in [3.05, 3.63) is 0 Å². The smallest absolute Gasteiger partial charge is 0.308 e. The summed E-state index contributed by atoms with van der Waals surface area (Å²) in [6.07, 6.45) is -0.0454. The van der Waals surface area contributed by atoms with Crippen LogP contribution in [0.3, 0.4) is 0 Å². The molecule has 4 heteroatoms. The fraction of sp³-hybridized carbons (Fsp3) is 0.889. The maximum atomic E-state index is 11.1. The summed E-state index contributed by atoms with van der Waals surface area (Å²) in [5, 5.41) is 9.43. The molecule has 4 nitrogen and oxygen atoms in total. The Morgan fingerprint density at radius 2 is 2.15 bits per heavy atom. The van der Waals surface area contributed by atoms with E-state index in [-0.39, 0.29) is 13.0 Å². The van der Waals surface area contributed by atoms with Crippen molar-refractivity contribution in [2.75, 3.05) is 13.2 Å². The van der Waals surface area contributed by atoms with Crippen molar-refractivity contribution in [3.63, 3.8) is 0 Å². The Morgan fingerprint density at radius 1 is 1.62 bits per heavy atom. The Labute approximate surface area is 79.1 Å². The molecule has 0 aromatic carbocycles. The van der Waals surface area contributed by atoms with Gasteiger partial charge >= 0.3 is 5.97 Å². The molecule has 0 aromatic rings. The highest BCUT2D eigenvalue weighted by molar-refractivity contribution is 5.70. The molecule has 0 fully saturated rings. The number of ether oxygens (including phenoxy) is 1. The van der Waals surface area contributed by atoms with Gasteiger partial charge in [-0.25, -0.2) is 0 Å². The second kappa shape index (κ2) is 5.19. The maximum Gasteiger partial charge on any atom is 0.308 e. The minimum atomic E-state index is -1.14. The third-order valence-electron chi connectivity index (χ3n) is 1.54. The lowest BCUT2D eigenvalue weighted by atomic mass is 10.0. The number of carbonyl (C=O) groups excluding carboxylic acids is 1. The van der Waals surface area contributed by atoms with Gasteiger partial charge in [-0.1, -0.05) is 13.8 Å². The number of nitrogens with two attached hydrogens (primary N) is 1. The lowest BCUT2D eigenvalue weighted by Crippen LogP contribution is -2.37. The van der Waals surface area contributed by atoms with Gasteiger partial charge in [0, 0.05) is 6.54 Å². The topological polar surface area (TPSA) is 72.5 Å². The number of hydrogen-bond acceptors (Lipinski definition) is 4. The molecule has 78 valence electrons. The maximum absolute atomic E-state index is 11.1. The highest BCUT2D eigenvalue weighted by Gasteiger charge is 2.23. The van der Waals surface area contributed by atoms with Crippen molar-refractivity contribution < 1.29 is 14.6 Å².